The number of sulfonamides is 1. The van der Waals surface area contributed by atoms with E-state index in [-0.39, 0.29) is 4.90 Å². The number of ether oxygens (including phenoxy) is 2. The van der Waals surface area contributed by atoms with Gasteiger partial charge in [-0.2, -0.15) is 0 Å². The highest BCUT2D eigenvalue weighted by Crippen LogP contribution is 2.27. The Labute approximate surface area is 178 Å². The lowest BCUT2D eigenvalue weighted by Crippen LogP contribution is -2.38. The number of hydrogen-bond acceptors (Lipinski definition) is 5. The second-order valence-corrected chi connectivity index (χ2v) is 8.30. The van der Waals surface area contributed by atoms with Crippen molar-refractivity contribution in [1.82, 2.24) is 15.4 Å². The monoisotopic (exact) mass is 434 g/mol. The summed E-state index contributed by atoms with van der Waals surface area (Å²) >= 11 is 0. The van der Waals surface area contributed by atoms with Crippen LogP contribution in [0.3, 0.4) is 0 Å². The van der Waals surface area contributed by atoms with Gasteiger partial charge in [0.1, 0.15) is 0 Å². The van der Waals surface area contributed by atoms with E-state index in [1.54, 1.807) is 38.5 Å². The van der Waals surface area contributed by atoms with Gasteiger partial charge in [-0.15, -0.1) is 0 Å². The number of guanidine groups is 1. The number of benzene rings is 2. The van der Waals surface area contributed by atoms with E-state index in [9.17, 15) is 8.42 Å². The van der Waals surface area contributed by atoms with E-state index in [1.807, 2.05) is 25.1 Å². The van der Waals surface area contributed by atoms with Gasteiger partial charge in [0, 0.05) is 13.1 Å². The molecule has 0 saturated carbocycles. The van der Waals surface area contributed by atoms with Gasteiger partial charge in [0.15, 0.2) is 17.5 Å². The minimum Gasteiger partial charge on any atom is -0.493 e. The molecule has 0 aliphatic carbocycles. The van der Waals surface area contributed by atoms with Crippen molar-refractivity contribution in [2.45, 2.75) is 24.8 Å². The van der Waals surface area contributed by atoms with Crippen molar-refractivity contribution in [1.29, 1.82) is 0 Å². The minimum absolute atomic E-state index is 0.234. The zero-order valence-electron chi connectivity index (χ0n) is 17.9. The molecule has 0 aromatic heterocycles. The summed E-state index contributed by atoms with van der Waals surface area (Å²) in [6.07, 6.45) is 0.793. The van der Waals surface area contributed by atoms with Gasteiger partial charge >= 0.3 is 0 Å². The minimum atomic E-state index is -3.43. The molecule has 0 amide bonds. The molecule has 0 bridgehead atoms. The molecule has 0 atom stereocenters. The van der Waals surface area contributed by atoms with Crippen LogP contribution in [0.4, 0.5) is 0 Å². The Morgan fingerprint density at radius 1 is 0.967 bits per heavy atom. The molecular formula is C21H30N4O4S. The number of hydrogen-bond donors (Lipinski definition) is 3. The summed E-state index contributed by atoms with van der Waals surface area (Å²) in [5.74, 6) is 2.11. The Morgan fingerprint density at radius 2 is 1.63 bits per heavy atom. The van der Waals surface area contributed by atoms with Crippen molar-refractivity contribution in [2.75, 3.05) is 34.4 Å². The maximum atomic E-state index is 11.8. The highest BCUT2D eigenvalue weighted by atomic mass is 32.2. The van der Waals surface area contributed by atoms with Crippen LogP contribution in [0.25, 0.3) is 0 Å². The van der Waals surface area contributed by atoms with E-state index >= 15 is 0 Å². The van der Waals surface area contributed by atoms with Crippen LogP contribution < -0.4 is 24.8 Å². The molecule has 0 spiro atoms. The van der Waals surface area contributed by atoms with Gasteiger partial charge in [0.2, 0.25) is 10.0 Å². The summed E-state index contributed by atoms with van der Waals surface area (Å²) in [6.45, 7) is 3.87. The zero-order valence-corrected chi connectivity index (χ0v) is 18.7. The third kappa shape index (κ3) is 6.64. The molecule has 9 heteroatoms. The molecule has 0 heterocycles. The molecule has 0 radical (unpaired) electrons. The van der Waals surface area contributed by atoms with Crippen molar-refractivity contribution >= 4 is 16.0 Å². The molecule has 2 rings (SSSR count). The van der Waals surface area contributed by atoms with Gasteiger partial charge in [-0.1, -0.05) is 18.2 Å². The quantitative estimate of drug-likeness (QED) is 0.390. The fourth-order valence-electron chi connectivity index (χ4n) is 2.77. The first-order valence-electron chi connectivity index (χ1n) is 9.69. The topological polar surface area (TPSA) is 101 Å². The van der Waals surface area contributed by atoms with Gasteiger partial charge in [-0.05, 0) is 55.8 Å². The van der Waals surface area contributed by atoms with Gasteiger partial charge in [0.25, 0.3) is 0 Å². The maximum Gasteiger partial charge on any atom is 0.240 e. The highest BCUT2D eigenvalue weighted by Gasteiger charge is 2.10. The Bertz CT molecular complexity index is 944. The average molecular weight is 435 g/mol. The van der Waals surface area contributed by atoms with E-state index in [4.69, 9.17) is 9.47 Å². The molecule has 0 unspecified atom stereocenters. The van der Waals surface area contributed by atoms with Gasteiger partial charge in [-0.3, -0.25) is 0 Å². The SMILES string of the molecule is CCNC(=NCc1ccc(S(=O)(=O)NC)cc1)NCCc1ccc(OC)c(OC)c1. The second-order valence-electron chi connectivity index (χ2n) is 6.41. The van der Waals surface area contributed by atoms with Gasteiger partial charge in [-0.25, -0.2) is 18.1 Å². The van der Waals surface area contributed by atoms with Crippen molar-refractivity contribution in [3.05, 3.63) is 53.6 Å². The molecule has 2 aromatic carbocycles. The van der Waals surface area contributed by atoms with Crippen molar-refractivity contribution in [2.24, 2.45) is 4.99 Å². The second kappa shape index (κ2) is 11.4. The largest absolute Gasteiger partial charge is 0.493 e. The molecular weight excluding hydrogens is 404 g/mol. The summed E-state index contributed by atoms with van der Waals surface area (Å²) in [7, 11) is 1.20. The van der Waals surface area contributed by atoms with E-state index in [2.05, 4.69) is 20.3 Å². The summed E-state index contributed by atoms with van der Waals surface area (Å²) in [6, 6.07) is 12.6. The Hall–Kier alpha value is -2.78. The summed E-state index contributed by atoms with van der Waals surface area (Å²) < 4.78 is 36.5. The van der Waals surface area contributed by atoms with E-state index in [0.29, 0.717) is 30.5 Å². The first kappa shape index (κ1) is 23.5. The summed E-state index contributed by atoms with van der Waals surface area (Å²) in [5.41, 5.74) is 2.04. The Morgan fingerprint density at radius 3 is 2.23 bits per heavy atom. The standard InChI is InChI=1S/C21H30N4O4S/c1-5-23-21(24-13-12-16-8-11-19(28-3)20(14-16)29-4)25-15-17-6-9-18(10-7-17)30(26,27)22-2/h6-11,14,22H,5,12-13,15H2,1-4H3,(H2,23,24,25). The number of aliphatic imine (C=N–C) groups is 1. The molecule has 0 fully saturated rings. The highest BCUT2D eigenvalue weighted by molar-refractivity contribution is 7.89. The fraction of sp³-hybridized carbons (Fsp3) is 0.381. The Balaban J connectivity index is 1.96. The predicted octanol–water partition coefficient (Wildman–Crippen LogP) is 1.91. The Kier molecular flexibility index (Phi) is 8.94. The van der Waals surface area contributed by atoms with Crippen molar-refractivity contribution in [3.63, 3.8) is 0 Å². The summed E-state index contributed by atoms with van der Waals surface area (Å²) in [4.78, 5) is 4.81. The van der Waals surface area contributed by atoms with E-state index in [1.165, 1.54) is 7.05 Å². The number of methoxy groups -OCH3 is 2. The lowest BCUT2D eigenvalue weighted by Gasteiger charge is -2.13. The van der Waals surface area contributed by atoms with Crippen molar-refractivity contribution < 1.29 is 17.9 Å². The van der Waals surface area contributed by atoms with Crippen LogP contribution in [0, 0.1) is 0 Å². The molecule has 30 heavy (non-hydrogen) atoms. The third-order valence-corrected chi connectivity index (χ3v) is 5.85. The maximum absolute atomic E-state index is 11.8. The molecule has 3 N–H and O–H groups in total. The normalized spacial score (nSPS) is 11.8. The molecule has 0 aliphatic rings. The molecule has 8 nitrogen and oxygen atoms in total. The zero-order chi connectivity index (χ0) is 22.0. The van der Waals surface area contributed by atoms with Gasteiger partial charge < -0.3 is 20.1 Å². The van der Waals surface area contributed by atoms with Crippen LogP contribution >= 0.6 is 0 Å². The smallest absolute Gasteiger partial charge is 0.240 e. The van der Waals surface area contributed by atoms with Crippen LogP contribution in [0.15, 0.2) is 52.4 Å². The number of nitrogens with zero attached hydrogens (tertiary/aromatic N) is 1. The average Bonchev–Trinajstić information content (AvgIpc) is 2.77. The molecule has 2 aromatic rings. The van der Waals surface area contributed by atoms with Crippen LogP contribution in [0.1, 0.15) is 18.1 Å². The molecule has 0 aliphatic heterocycles. The van der Waals surface area contributed by atoms with Crippen LogP contribution in [0.2, 0.25) is 0 Å². The van der Waals surface area contributed by atoms with Gasteiger partial charge in [0.05, 0.1) is 25.7 Å². The van der Waals surface area contributed by atoms with Crippen molar-refractivity contribution in [3.8, 4) is 11.5 Å². The fourth-order valence-corrected chi connectivity index (χ4v) is 3.50. The predicted molar refractivity (Wildman–Crippen MR) is 119 cm³/mol. The number of rotatable bonds is 10. The summed E-state index contributed by atoms with van der Waals surface area (Å²) in [5, 5.41) is 6.52. The molecule has 0 saturated heterocycles. The van der Waals surface area contributed by atoms with E-state index in [0.717, 1.165) is 24.1 Å². The lowest BCUT2D eigenvalue weighted by molar-refractivity contribution is 0.354. The van der Waals surface area contributed by atoms with E-state index < -0.39 is 10.0 Å². The van der Waals surface area contributed by atoms with Crippen LogP contribution in [0.5, 0.6) is 11.5 Å². The van der Waals surface area contributed by atoms with Crippen LogP contribution in [-0.4, -0.2) is 48.7 Å². The van der Waals surface area contributed by atoms with Crippen LogP contribution in [-0.2, 0) is 23.0 Å². The number of nitrogens with one attached hydrogen (secondary N) is 3. The lowest BCUT2D eigenvalue weighted by atomic mass is 10.1. The molecule has 164 valence electrons. The first-order chi connectivity index (χ1) is 14.4. The third-order valence-electron chi connectivity index (χ3n) is 4.42. The first-order valence-corrected chi connectivity index (χ1v) is 11.2.